The van der Waals surface area contributed by atoms with Crippen LogP contribution >= 0.6 is 23.2 Å². The van der Waals surface area contributed by atoms with Gasteiger partial charge >= 0.3 is 0 Å². The largest absolute Gasteiger partial charge is 0.390 e. The lowest BCUT2D eigenvalue weighted by molar-refractivity contribution is -0.131. The minimum Gasteiger partial charge on any atom is -0.390 e. The van der Waals surface area contributed by atoms with E-state index in [1.165, 1.54) is 12.1 Å². The van der Waals surface area contributed by atoms with E-state index in [0.29, 0.717) is 19.3 Å². The molecule has 5 rings (SSSR count). The second kappa shape index (κ2) is 9.29. The van der Waals surface area contributed by atoms with Crippen molar-refractivity contribution in [2.24, 2.45) is 16.7 Å². The number of hydrogen-bond donors (Lipinski definition) is 4. The van der Waals surface area contributed by atoms with E-state index in [-0.39, 0.29) is 39.2 Å². The topological polar surface area (TPSA) is 90.5 Å². The molecule has 5 atom stereocenters. The van der Waals surface area contributed by atoms with Gasteiger partial charge in [0, 0.05) is 23.9 Å². The Hall–Kier alpha value is -2.00. The Bertz CT molecular complexity index is 1250. The van der Waals surface area contributed by atoms with E-state index in [1.54, 1.807) is 19.1 Å². The van der Waals surface area contributed by atoms with Gasteiger partial charge in [-0.2, -0.15) is 0 Å². The minimum absolute atomic E-state index is 0.0757. The molecule has 1 saturated carbocycles. The minimum atomic E-state index is -1.40. The molecule has 2 aliphatic heterocycles. The fourth-order valence-electron chi connectivity index (χ4n) is 7.04. The molecule has 1 aromatic rings. The van der Waals surface area contributed by atoms with Crippen molar-refractivity contribution in [3.8, 4) is 0 Å². The normalized spacial score (nSPS) is 36.6. The van der Waals surface area contributed by atoms with Crippen LogP contribution in [0.5, 0.6) is 0 Å². The lowest BCUT2D eigenvalue weighted by atomic mass is 9.58. The van der Waals surface area contributed by atoms with Crippen LogP contribution in [0.15, 0.2) is 40.8 Å². The highest BCUT2D eigenvalue weighted by Gasteiger charge is 2.69. The second-order valence-corrected chi connectivity index (χ2v) is 13.5. The second-order valence-electron chi connectivity index (χ2n) is 12.6. The maximum atomic E-state index is 15.7. The fourth-order valence-corrected chi connectivity index (χ4v) is 7.41. The third kappa shape index (κ3) is 4.37. The van der Waals surface area contributed by atoms with E-state index < -0.39 is 58.4 Å². The van der Waals surface area contributed by atoms with Gasteiger partial charge < -0.3 is 21.1 Å². The van der Waals surface area contributed by atoms with E-state index in [0.717, 1.165) is 0 Å². The maximum absolute atomic E-state index is 15.7. The molecule has 10 heteroatoms. The summed E-state index contributed by atoms with van der Waals surface area (Å²) in [6, 6.07) is 2.70. The number of hydrogen-bond acceptors (Lipinski definition) is 4. The average Bonchev–Trinajstić information content (AvgIpc) is 3.27. The van der Waals surface area contributed by atoms with Crippen LogP contribution in [0, 0.1) is 22.6 Å². The Morgan fingerprint density at radius 2 is 1.92 bits per heavy atom. The first-order valence-corrected chi connectivity index (χ1v) is 13.7. The summed E-state index contributed by atoms with van der Waals surface area (Å²) in [5.41, 5.74) is -2.34. The monoisotopic (exact) mass is 567 g/mol. The standard InChI is InChI=1S/C28H33Cl2F2N3O3/c1-26(2,3)12-18-28(15-8-9-17(30)21(32)22(15)35-25(28)37)19(14-6-5-7-16(29)20(14)31)23(34-18)24(36)33-13-10-27(4,38)11-13/h5-7,9,13,15,18-19,23,34,38H,8,10-12H2,1-4H3,(H,33,36)(H,35,37)/t13?,15?,18-,19+,23-,27?,28+/m1/s1. The number of amides is 2. The molecule has 1 unspecified atom stereocenters. The molecule has 1 spiro atoms. The van der Waals surface area contributed by atoms with Crippen molar-refractivity contribution in [2.75, 3.05) is 0 Å². The summed E-state index contributed by atoms with van der Waals surface area (Å²) < 4.78 is 31.0. The van der Waals surface area contributed by atoms with E-state index in [1.807, 2.05) is 20.8 Å². The van der Waals surface area contributed by atoms with Crippen molar-refractivity contribution >= 4 is 35.0 Å². The highest BCUT2D eigenvalue weighted by molar-refractivity contribution is 6.32. The first kappa shape index (κ1) is 27.6. The van der Waals surface area contributed by atoms with Gasteiger partial charge in [0.2, 0.25) is 11.8 Å². The van der Waals surface area contributed by atoms with Crippen LogP contribution < -0.4 is 16.0 Å². The van der Waals surface area contributed by atoms with Crippen molar-refractivity contribution in [1.82, 2.24) is 16.0 Å². The Kier molecular flexibility index (Phi) is 6.74. The molecule has 2 saturated heterocycles. The number of rotatable bonds is 4. The predicted molar refractivity (Wildman–Crippen MR) is 141 cm³/mol. The zero-order valence-corrected chi connectivity index (χ0v) is 23.3. The van der Waals surface area contributed by atoms with E-state index in [2.05, 4.69) is 16.0 Å². The lowest BCUT2D eigenvalue weighted by Gasteiger charge is -2.42. The van der Waals surface area contributed by atoms with Gasteiger partial charge in [0.1, 0.15) is 5.82 Å². The third-order valence-corrected chi connectivity index (χ3v) is 9.10. The van der Waals surface area contributed by atoms with Gasteiger partial charge in [-0.25, -0.2) is 8.78 Å². The summed E-state index contributed by atoms with van der Waals surface area (Å²) in [7, 11) is 0. The molecular formula is C28H33Cl2F2N3O3. The summed E-state index contributed by atoms with van der Waals surface area (Å²) in [4.78, 5) is 27.9. The average molecular weight is 568 g/mol. The summed E-state index contributed by atoms with van der Waals surface area (Å²) in [5, 5.41) is 19.1. The zero-order chi connectivity index (χ0) is 27.8. The third-order valence-electron chi connectivity index (χ3n) is 8.48. The van der Waals surface area contributed by atoms with Crippen molar-refractivity contribution in [1.29, 1.82) is 0 Å². The van der Waals surface area contributed by atoms with Crippen LogP contribution in [-0.2, 0) is 9.59 Å². The van der Waals surface area contributed by atoms with Gasteiger partial charge in [-0.3, -0.25) is 9.59 Å². The first-order valence-electron chi connectivity index (χ1n) is 13.0. The molecule has 0 aromatic heterocycles. The molecule has 2 aliphatic carbocycles. The highest BCUT2D eigenvalue weighted by Crippen LogP contribution is 2.61. The van der Waals surface area contributed by atoms with Crippen LogP contribution in [0.1, 0.15) is 64.9 Å². The van der Waals surface area contributed by atoms with Crippen molar-refractivity contribution in [3.05, 3.63) is 57.2 Å². The molecule has 38 heavy (non-hydrogen) atoms. The number of aliphatic hydroxyl groups is 1. The molecular weight excluding hydrogens is 535 g/mol. The summed E-state index contributed by atoms with van der Waals surface area (Å²) in [6.45, 7) is 7.75. The molecule has 2 heterocycles. The van der Waals surface area contributed by atoms with Crippen LogP contribution in [0.4, 0.5) is 8.78 Å². The van der Waals surface area contributed by atoms with Crippen molar-refractivity contribution < 1.29 is 23.5 Å². The number of allylic oxidation sites excluding steroid dienone is 4. The fraction of sp³-hybridized carbons (Fsp3) is 0.571. The van der Waals surface area contributed by atoms with Crippen LogP contribution in [0.25, 0.3) is 0 Å². The SMILES string of the molecule is CC(C)(C)C[C@H]1N[C@@H](C(=O)NC2CC(C)(O)C2)[C@H](c2cccc(Cl)c2F)[C@@]12C(=O)NC1=C(F)C(Cl)=CCC12. The van der Waals surface area contributed by atoms with E-state index in [4.69, 9.17) is 23.2 Å². The highest BCUT2D eigenvalue weighted by atomic mass is 35.5. The molecule has 4 N–H and O–H groups in total. The quantitative estimate of drug-likeness (QED) is 0.420. The number of halogens is 4. The van der Waals surface area contributed by atoms with Gasteiger partial charge in [0.15, 0.2) is 5.83 Å². The zero-order valence-electron chi connectivity index (χ0n) is 21.8. The number of benzene rings is 1. The molecule has 1 aromatic carbocycles. The summed E-state index contributed by atoms with van der Waals surface area (Å²) in [5.74, 6) is -3.98. The summed E-state index contributed by atoms with van der Waals surface area (Å²) >= 11 is 12.3. The number of carbonyl (C=O) groups excluding carboxylic acids is 2. The number of fused-ring (bicyclic) bond motifs is 2. The molecule has 206 valence electrons. The molecule has 2 amide bonds. The Morgan fingerprint density at radius 3 is 2.55 bits per heavy atom. The van der Waals surface area contributed by atoms with Crippen LogP contribution in [0.3, 0.4) is 0 Å². The smallest absolute Gasteiger partial charge is 0.238 e. The van der Waals surface area contributed by atoms with Gasteiger partial charge in [-0.05, 0) is 49.7 Å². The first-order chi connectivity index (χ1) is 17.7. The Morgan fingerprint density at radius 1 is 1.24 bits per heavy atom. The van der Waals surface area contributed by atoms with Gasteiger partial charge in [0.25, 0.3) is 0 Å². The lowest BCUT2D eigenvalue weighted by Crippen LogP contribution is -2.57. The Balaban J connectivity index is 1.67. The van der Waals surface area contributed by atoms with Crippen LogP contribution in [-0.4, -0.2) is 40.6 Å². The molecule has 0 bridgehead atoms. The number of carbonyl (C=O) groups is 2. The Labute approximate surface area is 231 Å². The molecule has 4 aliphatic rings. The van der Waals surface area contributed by atoms with Crippen LogP contribution in [0.2, 0.25) is 5.02 Å². The van der Waals surface area contributed by atoms with Crippen molar-refractivity contribution in [2.45, 2.75) is 83.0 Å². The van der Waals surface area contributed by atoms with E-state index >= 15 is 8.78 Å². The van der Waals surface area contributed by atoms with Gasteiger partial charge in [0.05, 0.1) is 32.8 Å². The number of nitrogens with one attached hydrogen (secondary N) is 3. The molecule has 6 nitrogen and oxygen atoms in total. The molecule has 3 fully saturated rings. The predicted octanol–water partition coefficient (Wildman–Crippen LogP) is 4.81. The van der Waals surface area contributed by atoms with E-state index in [9.17, 15) is 14.7 Å². The molecule has 0 radical (unpaired) electrons. The maximum Gasteiger partial charge on any atom is 0.238 e. The summed E-state index contributed by atoms with van der Waals surface area (Å²) in [6.07, 6.45) is 3.03. The van der Waals surface area contributed by atoms with Gasteiger partial charge in [-0.1, -0.05) is 62.2 Å². The van der Waals surface area contributed by atoms with Crippen molar-refractivity contribution in [3.63, 3.8) is 0 Å². The van der Waals surface area contributed by atoms with Gasteiger partial charge in [-0.15, -0.1) is 0 Å².